The van der Waals surface area contributed by atoms with Crippen molar-refractivity contribution in [3.8, 4) is 0 Å². The number of carbonyl (C=O) groups excluding carboxylic acids is 1. The third-order valence-electron chi connectivity index (χ3n) is 1.81. The van der Waals surface area contributed by atoms with Crippen LogP contribution in [0, 0.1) is 0 Å². The van der Waals surface area contributed by atoms with Crippen LogP contribution in [0.15, 0.2) is 22.7 Å². The number of rotatable bonds is 4. The maximum absolute atomic E-state index is 11.5. The molecule has 4 heteroatoms. The number of Topliss-reactive ketones (excluding diaryl/α,β-unsaturated/α-hetero) is 1. The molecule has 0 bridgehead atoms. The van der Waals surface area contributed by atoms with E-state index < -0.39 is 0 Å². The van der Waals surface area contributed by atoms with E-state index >= 15 is 0 Å². The van der Waals surface area contributed by atoms with Crippen LogP contribution in [0.4, 0.5) is 0 Å². The maximum atomic E-state index is 11.5. The number of ketones is 1. The lowest BCUT2D eigenvalue weighted by molar-refractivity contribution is 0.0988. The smallest absolute Gasteiger partial charge is 0.165 e. The first-order chi connectivity index (χ1) is 6.69. The summed E-state index contributed by atoms with van der Waals surface area (Å²) in [7, 11) is 0. The van der Waals surface area contributed by atoms with Gasteiger partial charge in [-0.25, -0.2) is 0 Å². The molecule has 1 aromatic rings. The summed E-state index contributed by atoms with van der Waals surface area (Å²) >= 11 is 12.2. The van der Waals surface area contributed by atoms with Gasteiger partial charge < -0.3 is 0 Å². The average molecular weight is 340 g/mol. The first-order valence-corrected chi connectivity index (χ1v) is 6.57. The van der Waals surface area contributed by atoms with Gasteiger partial charge in [-0.2, -0.15) is 0 Å². The minimum absolute atomic E-state index is 0.0768. The van der Waals surface area contributed by atoms with Gasteiger partial charge in [-0.3, -0.25) is 4.79 Å². The van der Waals surface area contributed by atoms with E-state index in [-0.39, 0.29) is 5.78 Å². The summed E-state index contributed by atoms with van der Waals surface area (Å²) < 4.78 is 0.838. The molecule has 14 heavy (non-hydrogen) atoms. The van der Waals surface area contributed by atoms with Gasteiger partial charge in [-0.05, 0) is 17.7 Å². The van der Waals surface area contributed by atoms with Crippen LogP contribution in [-0.2, 0) is 5.33 Å². The fraction of sp³-hybridized carbons (Fsp3) is 0.300. The van der Waals surface area contributed by atoms with Crippen LogP contribution in [0.1, 0.15) is 22.3 Å². The van der Waals surface area contributed by atoms with Crippen molar-refractivity contribution >= 4 is 49.2 Å². The molecule has 0 radical (unpaired) electrons. The van der Waals surface area contributed by atoms with Crippen molar-refractivity contribution in [2.24, 2.45) is 0 Å². The molecule has 0 unspecified atom stereocenters. The molecule has 0 aromatic heterocycles. The number of halogens is 3. The fourth-order valence-electron chi connectivity index (χ4n) is 1.09. The van der Waals surface area contributed by atoms with Crippen LogP contribution in [0.5, 0.6) is 0 Å². The second-order valence-corrected chi connectivity index (χ2v) is 4.60. The zero-order valence-electron chi connectivity index (χ0n) is 7.40. The fourth-order valence-corrected chi connectivity index (χ4v) is 2.26. The zero-order chi connectivity index (χ0) is 10.6. The third kappa shape index (κ3) is 3.07. The second kappa shape index (κ2) is 5.89. The molecule has 0 saturated carbocycles. The standard InChI is InChI=1S/C10H9Br2ClO/c11-6-7-1-2-8(9(12)5-7)10(14)3-4-13/h1-2,5H,3-4,6H2. The Labute approximate surface area is 105 Å². The number of benzene rings is 1. The number of hydrogen-bond donors (Lipinski definition) is 0. The predicted octanol–water partition coefficient (Wildman–Crippen LogP) is 4.16. The Bertz CT molecular complexity index is 339. The number of carbonyl (C=O) groups is 1. The summed E-state index contributed by atoms with van der Waals surface area (Å²) in [6.45, 7) is 0. The van der Waals surface area contributed by atoms with E-state index in [1.54, 1.807) is 0 Å². The highest BCUT2D eigenvalue weighted by molar-refractivity contribution is 9.10. The molecule has 1 aromatic carbocycles. The van der Waals surface area contributed by atoms with Gasteiger partial charge in [0.1, 0.15) is 0 Å². The summed E-state index contributed by atoms with van der Waals surface area (Å²) in [5.41, 5.74) is 1.84. The zero-order valence-corrected chi connectivity index (χ0v) is 11.3. The van der Waals surface area contributed by atoms with Gasteiger partial charge in [0.05, 0.1) is 0 Å². The molecule has 0 saturated heterocycles. The SMILES string of the molecule is O=C(CCCl)c1ccc(CBr)cc1Br. The topological polar surface area (TPSA) is 17.1 Å². The highest BCUT2D eigenvalue weighted by atomic mass is 79.9. The van der Waals surface area contributed by atoms with Crippen LogP contribution in [-0.4, -0.2) is 11.7 Å². The molecule has 0 fully saturated rings. The molecule has 76 valence electrons. The van der Waals surface area contributed by atoms with Crippen molar-refractivity contribution in [3.05, 3.63) is 33.8 Å². The monoisotopic (exact) mass is 338 g/mol. The van der Waals surface area contributed by atoms with Gasteiger partial charge in [0.2, 0.25) is 0 Å². The van der Waals surface area contributed by atoms with Crippen LogP contribution >= 0.6 is 43.5 Å². The summed E-state index contributed by atoms with van der Waals surface area (Å²) in [6, 6.07) is 5.70. The minimum Gasteiger partial charge on any atom is -0.294 e. The van der Waals surface area contributed by atoms with E-state index in [1.807, 2.05) is 18.2 Å². The van der Waals surface area contributed by atoms with Crippen molar-refractivity contribution < 1.29 is 4.79 Å². The van der Waals surface area contributed by atoms with E-state index in [0.717, 1.165) is 15.4 Å². The Morgan fingerprint density at radius 2 is 2.14 bits per heavy atom. The van der Waals surface area contributed by atoms with Crippen LogP contribution in [0.2, 0.25) is 0 Å². The molecule has 0 aliphatic carbocycles. The highest BCUT2D eigenvalue weighted by Gasteiger charge is 2.09. The lowest BCUT2D eigenvalue weighted by Crippen LogP contribution is -2.01. The van der Waals surface area contributed by atoms with Gasteiger partial charge in [-0.1, -0.05) is 37.9 Å². The quantitative estimate of drug-likeness (QED) is 0.594. The summed E-state index contributed by atoms with van der Waals surface area (Å²) in [5.74, 6) is 0.443. The molecule has 0 N–H and O–H groups in total. The molecule has 0 spiro atoms. The van der Waals surface area contributed by atoms with Crippen LogP contribution in [0.3, 0.4) is 0 Å². The summed E-state index contributed by atoms with van der Waals surface area (Å²) in [5, 5.41) is 0.787. The second-order valence-electron chi connectivity index (χ2n) is 2.81. The van der Waals surface area contributed by atoms with E-state index in [1.165, 1.54) is 0 Å². The summed E-state index contributed by atoms with van der Waals surface area (Å²) in [4.78, 5) is 11.5. The molecular formula is C10H9Br2ClO. The molecule has 1 nitrogen and oxygen atoms in total. The van der Waals surface area contributed by atoms with E-state index in [4.69, 9.17) is 11.6 Å². The number of alkyl halides is 2. The molecule has 1 rings (SSSR count). The van der Waals surface area contributed by atoms with Crippen molar-refractivity contribution in [1.29, 1.82) is 0 Å². The van der Waals surface area contributed by atoms with E-state index in [2.05, 4.69) is 31.9 Å². The average Bonchev–Trinajstić information content (AvgIpc) is 2.17. The lowest BCUT2D eigenvalue weighted by atomic mass is 10.1. The Morgan fingerprint density at radius 3 is 2.64 bits per heavy atom. The number of hydrogen-bond acceptors (Lipinski definition) is 1. The maximum Gasteiger partial charge on any atom is 0.165 e. The van der Waals surface area contributed by atoms with Crippen molar-refractivity contribution in [2.75, 3.05) is 5.88 Å². The third-order valence-corrected chi connectivity index (χ3v) is 3.30. The van der Waals surface area contributed by atoms with Crippen LogP contribution in [0.25, 0.3) is 0 Å². The van der Waals surface area contributed by atoms with Crippen molar-refractivity contribution in [2.45, 2.75) is 11.8 Å². The Kier molecular flexibility index (Phi) is 5.13. The summed E-state index contributed by atoms with van der Waals surface area (Å²) in [6.07, 6.45) is 0.383. The van der Waals surface area contributed by atoms with Gasteiger partial charge in [0, 0.05) is 27.7 Å². The molecule has 0 aliphatic rings. The first-order valence-electron chi connectivity index (χ1n) is 4.12. The van der Waals surface area contributed by atoms with Gasteiger partial charge in [0.15, 0.2) is 5.78 Å². The molecular weight excluding hydrogens is 331 g/mol. The lowest BCUT2D eigenvalue weighted by Gasteiger charge is -2.03. The van der Waals surface area contributed by atoms with Crippen LogP contribution < -0.4 is 0 Å². The predicted molar refractivity (Wildman–Crippen MR) is 66.4 cm³/mol. The first kappa shape index (κ1) is 12.2. The van der Waals surface area contributed by atoms with Crippen molar-refractivity contribution in [1.82, 2.24) is 0 Å². The molecule has 0 atom stereocenters. The Hall–Kier alpha value is 0.140. The van der Waals surface area contributed by atoms with E-state index in [0.29, 0.717) is 17.9 Å². The Morgan fingerprint density at radius 1 is 1.43 bits per heavy atom. The van der Waals surface area contributed by atoms with Crippen molar-refractivity contribution in [3.63, 3.8) is 0 Å². The molecule has 0 heterocycles. The molecule has 0 amide bonds. The normalized spacial score (nSPS) is 10.2. The van der Waals surface area contributed by atoms with Gasteiger partial charge >= 0.3 is 0 Å². The minimum atomic E-state index is 0.0768. The highest BCUT2D eigenvalue weighted by Crippen LogP contribution is 2.21. The largest absolute Gasteiger partial charge is 0.294 e. The molecule has 0 aliphatic heterocycles. The van der Waals surface area contributed by atoms with E-state index in [9.17, 15) is 4.79 Å². The van der Waals surface area contributed by atoms with Gasteiger partial charge in [0.25, 0.3) is 0 Å². The van der Waals surface area contributed by atoms with Gasteiger partial charge in [-0.15, -0.1) is 11.6 Å². The Balaban J connectivity index is 2.94.